The van der Waals surface area contributed by atoms with Crippen LogP contribution in [0.3, 0.4) is 0 Å². The number of H-pyrrole nitrogens is 1. The lowest BCUT2D eigenvalue weighted by atomic mass is 10.0. The molecule has 3 heterocycles. The highest BCUT2D eigenvalue weighted by Crippen LogP contribution is 2.22. The summed E-state index contributed by atoms with van der Waals surface area (Å²) in [6.07, 6.45) is 2.20. The van der Waals surface area contributed by atoms with Gasteiger partial charge in [-0.1, -0.05) is 13.0 Å². The Bertz CT molecular complexity index is 1460. The van der Waals surface area contributed by atoms with E-state index >= 15 is 0 Å². The third-order valence-corrected chi connectivity index (χ3v) is 5.66. The standard InChI is InChI=1S/C24H24N4O3/c1-5-16-14(4)17-10-8-15(11-20(17)27-23(16)30)26-24(31)19-12-28(6-2)22-18(21(19)29)9-7-13(3)25-22/h7-12H,5-6H2,1-4H3,(H,26,31)(H,27,30). The van der Waals surface area contributed by atoms with Crippen molar-refractivity contribution in [2.24, 2.45) is 0 Å². The number of hydrogen-bond donors (Lipinski definition) is 2. The lowest BCUT2D eigenvalue weighted by molar-refractivity contribution is 0.102. The first kappa shape index (κ1) is 20.5. The average molecular weight is 416 g/mol. The number of nitrogens with zero attached hydrogens (tertiary/aromatic N) is 2. The number of carbonyl (C=O) groups is 1. The molecular formula is C24H24N4O3. The Morgan fingerprint density at radius 1 is 1.10 bits per heavy atom. The minimum atomic E-state index is -0.502. The summed E-state index contributed by atoms with van der Waals surface area (Å²) in [6.45, 7) is 8.24. The summed E-state index contributed by atoms with van der Waals surface area (Å²) in [6, 6.07) is 8.82. The molecule has 3 aromatic heterocycles. The SMILES string of the molecule is CCc1c(C)c2ccc(NC(=O)c3cn(CC)c4nc(C)ccc4c3=O)cc2[nH]c1=O. The molecule has 7 nitrogen and oxygen atoms in total. The van der Waals surface area contributed by atoms with E-state index < -0.39 is 5.91 Å². The fraction of sp³-hybridized carbons (Fsp3) is 0.250. The van der Waals surface area contributed by atoms with Gasteiger partial charge in [-0.25, -0.2) is 4.98 Å². The number of nitrogens with one attached hydrogen (secondary N) is 2. The van der Waals surface area contributed by atoms with E-state index in [0.29, 0.717) is 35.2 Å². The summed E-state index contributed by atoms with van der Waals surface area (Å²) >= 11 is 0. The first-order valence-electron chi connectivity index (χ1n) is 10.3. The first-order chi connectivity index (χ1) is 14.8. The molecule has 2 N–H and O–H groups in total. The van der Waals surface area contributed by atoms with Gasteiger partial charge < -0.3 is 14.9 Å². The van der Waals surface area contributed by atoms with Gasteiger partial charge in [0.2, 0.25) is 5.43 Å². The smallest absolute Gasteiger partial charge is 0.261 e. The van der Waals surface area contributed by atoms with Gasteiger partial charge in [-0.05, 0) is 57.0 Å². The van der Waals surface area contributed by atoms with Crippen molar-refractivity contribution in [3.63, 3.8) is 0 Å². The zero-order valence-corrected chi connectivity index (χ0v) is 18.0. The van der Waals surface area contributed by atoms with E-state index in [1.807, 2.05) is 33.8 Å². The number of rotatable bonds is 4. The van der Waals surface area contributed by atoms with Crippen LogP contribution in [0, 0.1) is 13.8 Å². The quantitative estimate of drug-likeness (QED) is 0.530. The average Bonchev–Trinajstić information content (AvgIpc) is 2.74. The molecule has 158 valence electrons. The molecule has 0 saturated heterocycles. The van der Waals surface area contributed by atoms with Crippen LogP contribution >= 0.6 is 0 Å². The number of aryl methyl sites for hydroxylation is 3. The second kappa shape index (κ2) is 7.83. The van der Waals surface area contributed by atoms with Gasteiger partial charge in [0.15, 0.2) is 0 Å². The molecule has 7 heteroatoms. The predicted molar refractivity (Wildman–Crippen MR) is 123 cm³/mol. The molecule has 0 fully saturated rings. The Kier molecular flexibility index (Phi) is 5.19. The minimum Gasteiger partial charge on any atom is -0.332 e. The third-order valence-electron chi connectivity index (χ3n) is 5.66. The molecular weight excluding hydrogens is 392 g/mol. The number of carbonyl (C=O) groups excluding carboxylic acids is 1. The number of aromatic nitrogens is 3. The monoisotopic (exact) mass is 416 g/mol. The van der Waals surface area contributed by atoms with Gasteiger partial charge >= 0.3 is 0 Å². The zero-order valence-electron chi connectivity index (χ0n) is 18.0. The molecule has 0 bridgehead atoms. The van der Waals surface area contributed by atoms with Crippen molar-refractivity contribution in [1.29, 1.82) is 0 Å². The van der Waals surface area contributed by atoms with Crippen molar-refractivity contribution in [1.82, 2.24) is 14.5 Å². The van der Waals surface area contributed by atoms with Crippen molar-refractivity contribution in [2.45, 2.75) is 40.7 Å². The van der Waals surface area contributed by atoms with Crippen LogP contribution in [0.15, 0.2) is 46.1 Å². The lowest BCUT2D eigenvalue weighted by Crippen LogP contribution is -2.24. The molecule has 0 saturated carbocycles. The van der Waals surface area contributed by atoms with Crippen molar-refractivity contribution < 1.29 is 4.79 Å². The molecule has 1 aromatic carbocycles. The van der Waals surface area contributed by atoms with Crippen LogP contribution in [0.4, 0.5) is 5.69 Å². The number of pyridine rings is 3. The summed E-state index contributed by atoms with van der Waals surface area (Å²) in [5.74, 6) is -0.502. The van der Waals surface area contributed by atoms with Crippen LogP contribution in [0.5, 0.6) is 0 Å². The predicted octanol–water partition coefficient (Wildman–Crippen LogP) is 3.69. The van der Waals surface area contributed by atoms with Crippen LogP contribution in [0.2, 0.25) is 0 Å². The molecule has 31 heavy (non-hydrogen) atoms. The number of amides is 1. The van der Waals surface area contributed by atoms with E-state index in [2.05, 4.69) is 15.3 Å². The second-order valence-corrected chi connectivity index (χ2v) is 7.61. The summed E-state index contributed by atoms with van der Waals surface area (Å²) in [5, 5.41) is 4.13. The maximum atomic E-state index is 13.0. The van der Waals surface area contributed by atoms with Crippen LogP contribution < -0.4 is 16.3 Å². The lowest BCUT2D eigenvalue weighted by Gasteiger charge is -2.12. The van der Waals surface area contributed by atoms with Crippen molar-refractivity contribution in [2.75, 3.05) is 5.32 Å². The molecule has 0 aliphatic rings. The second-order valence-electron chi connectivity index (χ2n) is 7.61. The molecule has 0 unspecified atom stereocenters. The molecule has 0 spiro atoms. The summed E-state index contributed by atoms with van der Waals surface area (Å²) in [4.78, 5) is 45.6. The number of fused-ring (bicyclic) bond motifs is 2. The van der Waals surface area contributed by atoms with E-state index in [0.717, 1.165) is 22.2 Å². The van der Waals surface area contributed by atoms with Crippen molar-refractivity contribution in [3.05, 3.63) is 79.5 Å². The normalized spacial score (nSPS) is 11.2. The largest absolute Gasteiger partial charge is 0.332 e. The van der Waals surface area contributed by atoms with Crippen molar-refractivity contribution in [3.8, 4) is 0 Å². The third kappa shape index (κ3) is 3.52. The number of hydrogen-bond acceptors (Lipinski definition) is 4. The summed E-state index contributed by atoms with van der Waals surface area (Å²) in [7, 11) is 0. The highest BCUT2D eigenvalue weighted by molar-refractivity contribution is 6.06. The van der Waals surface area contributed by atoms with Gasteiger partial charge in [0.05, 0.1) is 10.9 Å². The van der Waals surface area contributed by atoms with Crippen molar-refractivity contribution >= 4 is 33.5 Å². The number of anilines is 1. The van der Waals surface area contributed by atoms with E-state index in [-0.39, 0.29) is 16.6 Å². The fourth-order valence-electron chi connectivity index (χ4n) is 3.97. The van der Waals surface area contributed by atoms with Gasteiger partial charge in [-0.2, -0.15) is 0 Å². The Morgan fingerprint density at radius 3 is 2.55 bits per heavy atom. The Balaban J connectivity index is 1.76. The van der Waals surface area contributed by atoms with Gasteiger partial charge in [0.1, 0.15) is 11.2 Å². The summed E-state index contributed by atoms with van der Waals surface area (Å²) in [5.41, 5.74) is 3.76. The zero-order chi connectivity index (χ0) is 22.3. The van der Waals surface area contributed by atoms with E-state index in [1.54, 1.807) is 35.0 Å². The molecule has 0 atom stereocenters. The van der Waals surface area contributed by atoms with Crippen LogP contribution in [-0.4, -0.2) is 20.4 Å². The van der Waals surface area contributed by atoms with Crippen LogP contribution in [0.1, 0.15) is 41.0 Å². The topological polar surface area (TPSA) is 96.8 Å². The number of benzene rings is 1. The highest BCUT2D eigenvalue weighted by atomic mass is 16.2. The van der Waals surface area contributed by atoms with Gasteiger partial charge in [0, 0.05) is 35.1 Å². The Labute approximate surface area is 178 Å². The molecule has 0 aliphatic heterocycles. The fourth-order valence-corrected chi connectivity index (χ4v) is 3.97. The molecule has 0 aliphatic carbocycles. The Morgan fingerprint density at radius 2 is 1.84 bits per heavy atom. The molecule has 1 amide bonds. The van der Waals surface area contributed by atoms with Crippen LogP contribution in [0.25, 0.3) is 21.9 Å². The van der Waals surface area contributed by atoms with Crippen LogP contribution in [-0.2, 0) is 13.0 Å². The highest BCUT2D eigenvalue weighted by Gasteiger charge is 2.17. The molecule has 0 radical (unpaired) electrons. The maximum absolute atomic E-state index is 13.0. The maximum Gasteiger partial charge on any atom is 0.261 e. The van der Waals surface area contributed by atoms with E-state index in [1.165, 1.54) is 0 Å². The van der Waals surface area contributed by atoms with Gasteiger partial charge in [-0.15, -0.1) is 0 Å². The van der Waals surface area contributed by atoms with E-state index in [9.17, 15) is 14.4 Å². The minimum absolute atomic E-state index is 0.0473. The number of aromatic amines is 1. The van der Waals surface area contributed by atoms with Gasteiger partial charge in [-0.3, -0.25) is 14.4 Å². The van der Waals surface area contributed by atoms with Gasteiger partial charge in [0.25, 0.3) is 11.5 Å². The molecule has 4 rings (SSSR count). The first-order valence-corrected chi connectivity index (χ1v) is 10.3. The Hall–Kier alpha value is -3.74. The summed E-state index contributed by atoms with van der Waals surface area (Å²) < 4.78 is 1.80. The van der Waals surface area contributed by atoms with E-state index in [4.69, 9.17) is 0 Å². The molecule has 4 aromatic rings.